The summed E-state index contributed by atoms with van der Waals surface area (Å²) < 4.78 is 2.11. The number of hydrogen-bond donors (Lipinski definition) is 0. The molecular formula is C30H28N4. The van der Waals surface area contributed by atoms with E-state index >= 15 is 0 Å². The Morgan fingerprint density at radius 1 is 1.00 bits per heavy atom. The zero-order valence-electron chi connectivity index (χ0n) is 19.6. The fourth-order valence-corrected chi connectivity index (χ4v) is 4.97. The van der Waals surface area contributed by atoms with E-state index < -0.39 is 0 Å². The second kappa shape index (κ2) is 8.68. The van der Waals surface area contributed by atoms with E-state index in [2.05, 4.69) is 78.6 Å². The summed E-state index contributed by atoms with van der Waals surface area (Å²) in [6.07, 6.45) is 8.16. The number of rotatable bonds is 5. The topological polar surface area (TPSA) is 44.3 Å². The smallest absolute Gasteiger partial charge is 0.116 e. The highest BCUT2D eigenvalue weighted by molar-refractivity contribution is 6.04. The molecule has 4 heteroatoms. The minimum absolute atomic E-state index is 0.634. The van der Waals surface area contributed by atoms with Crippen molar-refractivity contribution in [3.05, 3.63) is 100.0 Å². The number of amidine groups is 1. The maximum absolute atomic E-state index is 9.58. The molecule has 2 aromatic carbocycles. The second-order valence-corrected chi connectivity index (χ2v) is 8.75. The fourth-order valence-electron chi connectivity index (χ4n) is 4.97. The van der Waals surface area contributed by atoms with Crippen LogP contribution in [0.1, 0.15) is 37.3 Å². The van der Waals surface area contributed by atoms with Gasteiger partial charge >= 0.3 is 0 Å². The van der Waals surface area contributed by atoms with Crippen LogP contribution in [0.5, 0.6) is 0 Å². The van der Waals surface area contributed by atoms with Crippen molar-refractivity contribution >= 4 is 35.5 Å². The van der Waals surface area contributed by atoms with Crippen molar-refractivity contribution in [1.82, 2.24) is 4.57 Å². The zero-order chi connectivity index (χ0) is 23.8. The summed E-state index contributed by atoms with van der Waals surface area (Å²) >= 11 is 0. The van der Waals surface area contributed by atoms with Crippen molar-refractivity contribution in [1.29, 1.82) is 5.26 Å². The van der Waals surface area contributed by atoms with Crippen LogP contribution in [0.15, 0.2) is 83.2 Å². The van der Waals surface area contributed by atoms with Crippen molar-refractivity contribution in [2.75, 3.05) is 4.90 Å². The quantitative estimate of drug-likeness (QED) is 0.534. The summed E-state index contributed by atoms with van der Waals surface area (Å²) in [5, 5.41) is 13.1. The van der Waals surface area contributed by atoms with E-state index in [1.807, 2.05) is 18.2 Å². The normalized spacial score (nSPS) is 15.5. The first-order valence-electron chi connectivity index (χ1n) is 11.8. The van der Waals surface area contributed by atoms with Crippen LogP contribution in [0.25, 0.3) is 23.9 Å². The average Bonchev–Trinajstić information content (AvgIpc) is 3.12. The van der Waals surface area contributed by atoms with E-state index in [0.717, 1.165) is 69.2 Å². The van der Waals surface area contributed by atoms with Crippen LogP contribution in [0.3, 0.4) is 0 Å². The molecule has 0 atom stereocenters. The van der Waals surface area contributed by atoms with Gasteiger partial charge in [0.2, 0.25) is 0 Å². The Hall–Kier alpha value is -4.10. The van der Waals surface area contributed by atoms with Crippen LogP contribution in [0.4, 0.5) is 5.69 Å². The molecule has 0 saturated carbocycles. The molecule has 0 N–H and O–H groups in total. The van der Waals surface area contributed by atoms with Gasteiger partial charge in [-0.05, 0) is 43.0 Å². The molecule has 2 aliphatic rings. The van der Waals surface area contributed by atoms with Gasteiger partial charge in [-0.15, -0.1) is 0 Å². The lowest BCUT2D eigenvalue weighted by Gasteiger charge is -2.35. The molecule has 5 rings (SSSR count). The third kappa shape index (κ3) is 3.50. The number of anilines is 1. The van der Waals surface area contributed by atoms with Crippen LogP contribution in [0.2, 0.25) is 0 Å². The molecule has 0 saturated heterocycles. The van der Waals surface area contributed by atoms with E-state index in [1.165, 1.54) is 5.56 Å². The van der Waals surface area contributed by atoms with Gasteiger partial charge in [-0.1, -0.05) is 63.1 Å². The number of hydrogen-bond acceptors (Lipinski definition) is 3. The van der Waals surface area contributed by atoms with Gasteiger partial charge in [0, 0.05) is 51.4 Å². The Kier molecular flexibility index (Phi) is 5.55. The Morgan fingerprint density at radius 3 is 2.50 bits per heavy atom. The van der Waals surface area contributed by atoms with Crippen LogP contribution in [0, 0.1) is 11.3 Å². The summed E-state index contributed by atoms with van der Waals surface area (Å²) in [6.45, 7) is 15.9. The van der Waals surface area contributed by atoms with Crippen molar-refractivity contribution in [3.8, 4) is 6.07 Å². The van der Waals surface area contributed by atoms with Crippen LogP contribution >= 0.6 is 0 Å². The zero-order valence-corrected chi connectivity index (χ0v) is 19.6. The monoisotopic (exact) mass is 444 g/mol. The highest BCUT2D eigenvalue weighted by atomic mass is 15.2. The summed E-state index contributed by atoms with van der Waals surface area (Å²) in [6, 6.07) is 16.7. The van der Waals surface area contributed by atoms with Crippen molar-refractivity contribution in [2.24, 2.45) is 4.99 Å². The number of benzene rings is 2. The van der Waals surface area contributed by atoms with E-state index in [-0.39, 0.29) is 0 Å². The maximum atomic E-state index is 9.58. The van der Waals surface area contributed by atoms with Gasteiger partial charge in [0.15, 0.2) is 0 Å². The van der Waals surface area contributed by atoms with E-state index in [4.69, 9.17) is 4.99 Å². The Labute approximate surface area is 200 Å². The molecule has 0 amide bonds. The van der Waals surface area contributed by atoms with E-state index in [1.54, 1.807) is 0 Å². The Morgan fingerprint density at radius 2 is 1.76 bits per heavy atom. The molecule has 0 radical (unpaired) electrons. The summed E-state index contributed by atoms with van der Waals surface area (Å²) in [4.78, 5) is 7.27. The van der Waals surface area contributed by atoms with Gasteiger partial charge in [-0.25, -0.2) is 4.99 Å². The SMILES string of the molecule is C=C1C2=CCCC=C2N=C(CCn2c(=C)c3cccc(C#N)c3c2=C)N1c1ccc(CC)cc1. The molecule has 0 unspecified atom stereocenters. The van der Waals surface area contributed by atoms with Crippen LogP contribution in [-0.4, -0.2) is 10.4 Å². The molecule has 4 nitrogen and oxygen atoms in total. The van der Waals surface area contributed by atoms with Crippen molar-refractivity contribution < 1.29 is 0 Å². The maximum Gasteiger partial charge on any atom is 0.116 e. The Bertz CT molecular complexity index is 1540. The minimum Gasteiger partial charge on any atom is -0.341 e. The summed E-state index contributed by atoms with van der Waals surface area (Å²) in [7, 11) is 0. The van der Waals surface area contributed by atoms with E-state index in [9.17, 15) is 5.26 Å². The number of nitriles is 1. The molecule has 0 bridgehead atoms. The molecule has 3 aromatic rings. The van der Waals surface area contributed by atoms with E-state index in [0.29, 0.717) is 18.5 Å². The first-order valence-corrected chi connectivity index (χ1v) is 11.8. The van der Waals surface area contributed by atoms with Gasteiger partial charge in [-0.3, -0.25) is 4.90 Å². The molecule has 1 aliphatic carbocycles. The highest BCUT2D eigenvalue weighted by Gasteiger charge is 2.28. The van der Waals surface area contributed by atoms with Gasteiger partial charge in [0.05, 0.1) is 17.3 Å². The molecule has 34 heavy (non-hydrogen) atoms. The number of fused-ring (bicyclic) bond motifs is 2. The number of allylic oxidation sites excluding steroid dienone is 2. The van der Waals surface area contributed by atoms with Gasteiger partial charge < -0.3 is 4.57 Å². The number of aryl methyl sites for hydroxylation is 1. The summed E-state index contributed by atoms with van der Waals surface area (Å²) in [5.74, 6) is 0.955. The minimum atomic E-state index is 0.634. The first-order chi connectivity index (χ1) is 16.5. The lowest BCUT2D eigenvalue weighted by Crippen LogP contribution is -2.37. The standard InChI is InChI=1S/C30H28N4/c1-5-23-13-15-25(16-14-23)34-21(3)26-10-6-7-12-28(26)32-29(34)17-18-33-20(2)27-11-8-9-24(19-31)30(27)22(33)4/h8-16H,2-7,17-18H2,1H3. The third-order valence-corrected chi connectivity index (χ3v) is 6.82. The van der Waals surface area contributed by atoms with Crippen molar-refractivity contribution in [3.63, 3.8) is 0 Å². The molecule has 0 fully saturated rings. The van der Waals surface area contributed by atoms with Gasteiger partial charge in [0.1, 0.15) is 5.84 Å². The lowest BCUT2D eigenvalue weighted by atomic mass is 9.97. The molecule has 1 aliphatic heterocycles. The molecule has 1 aromatic heterocycles. The van der Waals surface area contributed by atoms with Gasteiger partial charge in [-0.2, -0.15) is 5.26 Å². The Balaban J connectivity index is 1.55. The lowest BCUT2D eigenvalue weighted by molar-refractivity contribution is 0.692. The fraction of sp³-hybridized carbons (Fsp3) is 0.200. The number of aromatic nitrogens is 1. The second-order valence-electron chi connectivity index (χ2n) is 8.75. The highest BCUT2D eigenvalue weighted by Crippen LogP contribution is 2.36. The largest absolute Gasteiger partial charge is 0.341 e. The van der Waals surface area contributed by atoms with Crippen molar-refractivity contribution in [2.45, 2.75) is 39.2 Å². The summed E-state index contributed by atoms with van der Waals surface area (Å²) in [5.41, 5.74) is 6.11. The van der Waals surface area contributed by atoms with Gasteiger partial charge in [0.25, 0.3) is 0 Å². The van der Waals surface area contributed by atoms with Crippen LogP contribution in [-0.2, 0) is 13.0 Å². The molecular weight excluding hydrogens is 416 g/mol. The predicted octanol–water partition coefficient (Wildman–Crippen LogP) is 5.32. The molecule has 0 spiro atoms. The average molecular weight is 445 g/mol. The first kappa shape index (κ1) is 21.7. The number of nitrogens with zero attached hydrogens (tertiary/aromatic N) is 4. The molecule has 168 valence electrons. The van der Waals surface area contributed by atoms with Crippen LogP contribution < -0.4 is 15.6 Å². The predicted molar refractivity (Wildman–Crippen MR) is 142 cm³/mol. The third-order valence-electron chi connectivity index (χ3n) is 6.82. The molecule has 2 heterocycles. The number of aliphatic imine (C=N–C) groups is 1.